The first-order chi connectivity index (χ1) is 20.8. The minimum absolute atomic E-state index is 0. The van der Waals surface area contributed by atoms with Gasteiger partial charge < -0.3 is 24.8 Å². The van der Waals surface area contributed by atoms with Crippen molar-refractivity contribution in [1.29, 1.82) is 0 Å². The molecule has 4 atom stereocenters. The number of hydrogen-bond acceptors (Lipinski definition) is 0. The van der Waals surface area contributed by atoms with Gasteiger partial charge in [0.1, 0.15) is 0 Å². The third-order valence-corrected chi connectivity index (χ3v) is 15.3. The summed E-state index contributed by atoms with van der Waals surface area (Å²) >= 11 is -0.937. The minimum Gasteiger partial charge on any atom is -1.00 e. The molecule has 0 amide bonds. The van der Waals surface area contributed by atoms with Gasteiger partial charge in [-0.05, 0) is 0 Å². The Balaban J connectivity index is 0.00000230. The van der Waals surface area contributed by atoms with Gasteiger partial charge in [-0.3, -0.25) is 0 Å². The molecule has 45 heavy (non-hydrogen) atoms. The third kappa shape index (κ3) is 6.93. The molecule has 0 aromatic heterocycles. The molecule has 2 aliphatic rings. The summed E-state index contributed by atoms with van der Waals surface area (Å²) in [5.74, 6) is 1.77. The van der Waals surface area contributed by atoms with Crippen molar-refractivity contribution < 1.29 is 48.0 Å². The number of rotatable bonds is 9. The summed E-state index contributed by atoms with van der Waals surface area (Å²) in [7, 11) is 0. The van der Waals surface area contributed by atoms with Gasteiger partial charge in [-0.1, -0.05) is 0 Å². The summed E-state index contributed by atoms with van der Waals surface area (Å²) in [5, 5.41) is 0. The van der Waals surface area contributed by atoms with Crippen LogP contribution in [-0.2, 0) is 23.2 Å². The van der Waals surface area contributed by atoms with Crippen molar-refractivity contribution >= 4 is 12.2 Å². The first-order valence-electron chi connectivity index (χ1n) is 16.4. The van der Waals surface area contributed by atoms with Crippen LogP contribution < -0.4 is 24.8 Å². The van der Waals surface area contributed by atoms with E-state index in [-0.39, 0.29) is 24.8 Å². The predicted molar refractivity (Wildman–Crippen MR) is 183 cm³/mol. The number of allylic oxidation sites excluding steroid dienone is 2. The third-order valence-electron chi connectivity index (χ3n) is 10.2. The van der Waals surface area contributed by atoms with Crippen molar-refractivity contribution in [2.45, 2.75) is 80.4 Å². The van der Waals surface area contributed by atoms with E-state index in [9.17, 15) is 0 Å². The Kier molecular flexibility index (Phi) is 12.0. The van der Waals surface area contributed by atoms with Gasteiger partial charge in [-0.25, -0.2) is 0 Å². The SMILES string of the molecule is CCC(C)c1ccc(-c2cccc3c2C=C(C)[CH]3[Zr+2][CH]2C(C(C)C)=Cc3c(-c4ccc(C(C)CC)cc4)cccc32)cc1.[Cl-].[Cl-]. The maximum absolute atomic E-state index is 2.58. The van der Waals surface area contributed by atoms with Gasteiger partial charge in [0, 0.05) is 0 Å². The molecule has 6 rings (SSSR count). The molecule has 0 bridgehead atoms. The monoisotopic (exact) mass is 710 g/mol. The second-order valence-corrected chi connectivity index (χ2v) is 16.9. The van der Waals surface area contributed by atoms with E-state index < -0.39 is 23.2 Å². The van der Waals surface area contributed by atoms with E-state index in [1.165, 1.54) is 57.3 Å². The Hall–Kier alpha value is -2.18. The molecule has 0 N–H and O–H groups in total. The first kappa shape index (κ1) is 35.7. The Bertz CT molecular complexity index is 1680. The largest absolute Gasteiger partial charge is 1.00 e. The van der Waals surface area contributed by atoms with E-state index in [2.05, 4.69) is 146 Å². The van der Waals surface area contributed by atoms with Gasteiger partial charge in [0.05, 0.1) is 0 Å². The average Bonchev–Trinajstić information content (AvgIpc) is 3.57. The van der Waals surface area contributed by atoms with Crippen LogP contribution in [-0.4, -0.2) is 0 Å². The normalized spacial score (nSPS) is 17.7. The smallest absolute Gasteiger partial charge is 1.00 e. The molecule has 4 aromatic rings. The fraction of sp³-hybridized carbons (Fsp3) is 0.333. The number of halogens is 2. The first-order valence-corrected chi connectivity index (χ1v) is 19.3. The second kappa shape index (κ2) is 15.2. The van der Waals surface area contributed by atoms with Crippen molar-refractivity contribution in [2.24, 2.45) is 5.92 Å². The van der Waals surface area contributed by atoms with Gasteiger partial charge in [0.2, 0.25) is 0 Å². The molecular weight excluding hydrogens is 667 g/mol. The molecule has 0 saturated carbocycles. The van der Waals surface area contributed by atoms with Crippen molar-refractivity contribution in [2.75, 3.05) is 0 Å². The van der Waals surface area contributed by atoms with E-state index in [0.29, 0.717) is 25.0 Å². The van der Waals surface area contributed by atoms with Gasteiger partial charge in [0.25, 0.3) is 0 Å². The molecule has 0 saturated heterocycles. The van der Waals surface area contributed by atoms with E-state index in [4.69, 9.17) is 0 Å². The Morgan fingerprint density at radius 1 is 0.578 bits per heavy atom. The van der Waals surface area contributed by atoms with Crippen molar-refractivity contribution in [3.8, 4) is 22.3 Å². The van der Waals surface area contributed by atoms with Gasteiger partial charge >= 0.3 is 273 Å². The predicted octanol–water partition coefficient (Wildman–Crippen LogP) is 6.39. The molecule has 2 aliphatic carbocycles. The van der Waals surface area contributed by atoms with Crippen molar-refractivity contribution in [3.63, 3.8) is 0 Å². The number of fused-ring (bicyclic) bond motifs is 2. The minimum atomic E-state index is -0.937. The van der Waals surface area contributed by atoms with Gasteiger partial charge in [-0.2, -0.15) is 0 Å². The van der Waals surface area contributed by atoms with Crippen LogP contribution in [0.3, 0.4) is 0 Å². The zero-order chi connectivity index (χ0) is 30.2. The summed E-state index contributed by atoms with van der Waals surface area (Å²) in [5.41, 5.74) is 17.7. The molecule has 0 spiro atoms. The van der Waals surface area contributed by atoms with Crippen LogP contribution in [0.1, 0.15) is 114 Å². The molecule has 0 nitrogen and oxygen atoms in total. The summed E-state index contributed by atoms with van der Waals surface area (Å²) in [6.45, 7) is 16.4. The van der Waals surface area contributed by atoms with Crippen LogP contribution in [0.15, 0.2) is 96.1 Å². The zero-order valence-electron chi connectivity index (χ0n) is 27.8. The standard InChI is InChI=1S/C22H25.C20H21.2ClH.Zr/c1-5-16(4)17-9-11-18(12-10-17)21-8-6-7-19-13-20(15(2)3)14-22(19)21;1-4-15(3)16-8-10-17(11-9-16)19-7-5-6-18-12-14(2)13-20(18)19;;;/h6-16H,5H2,1-4H3;5-13,15H,4H2,1-3H3;2*1H;/q;;;;+2/p-2. The maximum Gasteiger partial charge on any atom is -1.00 e. The molecule has 232 valence electrons. The Morgan fingerprint density at radius 3 is 1.47 bits per heavy atom. The van der Waals surface area contributed by atoms with E-state index in [1.807, 2.05) is 0 Å². The van der Waals surface area contributed by atoms with E-state index in [1.54, 1.807) is 22.3 Å². The number of benzene rings is 4. The molecule has 4 unspecified atom stereocenters. The van der Waals surface area contributed by atoms with Crippen molar-refractivity contribution in [1.82, 2.24) is 0 Å². The van der Waals surface area contributed by atoms with Crippen LogP contribution >= 0.6 is 0 Å². The summed E-state index contributed by atoms with van der Waals surface area (Å²) < 4.78 is 1.21. The van der Waals surface area contributed by atoms with Crippen LogP contribution in [0.2, 0.25) is 0 Å². The summed E-state index contributed by atoms with van der Waals surface area (Å²) in [4.78, 5) is 0. The van der Waals surface area contributed by atoms with Gasteiger partial charge in [-0.15, -0.1) is 0 Å². The fourth-order valence-corrected chi connectivity index (χ4v) is 12.3. The van der Waals surface area contributed by atoms with Crippen LogP contribution in [0.4, 0.5) is 0 Å². The zero-order valence-corrected chi connectivity index (χ0v) is 31.8. The Morgan fingerprint density at radius 2 is 1.02 bits per heavy atom. The van der Waals surface area contributed by atoms with E-state index >= 15 is 0 Å². The molecule has 0 fully saturated rings. The summed E-state index contributed by atoms with van der Waals surface area (Å²) in [6.07, 6.45) is 7.45. The van der Waals surface area contributed by atoms with Crippen molar-refractivity contribution in [3.05, 3.63) is 129 Å². The summed E-state index contributed by atoms with van der Waals surface area (Å²) in [6, 6.07) is 32.9. The van der Waals surface area contributed by atoms with Gasteiger partial charge in [0.15, 0.2) is 0 Å². The molecule has 4 aromatic carbocycles. The fourth-order valence-electron chi connectivity index (χ4n) is 7.01. The quantitative estimate of drug-likeness (QED) is 0.189. The average molecular weight is 713 g/mol. The van der Waals surface area contributed by atoms with Crippen LogP contribution in [0, 0.1) is 5.92 Å². The van der Waals surface area contributed by atoms with Crippen LogP contribution in [0.25, 0.3) is 34.4 Å². The Labute approximate surface area is 296 Å². The molecule has 0 aliphatic heterocycles. The second-order valence-electron chi connectivity index (χ2n) is 13.2. The molecular formula is C42H46Cl2Zr. The topological polar surface area (TPSA) is 0 Å². The molecule has 3 heteroatoms. The van der Waals surface area contributed by atoms with E-state index in [0.717, 1.165) is 0 Å². The maximum atomic E-state index is 2.58. The number of hydrogen-bond donors (Lipinski definition) is 0. The van der Waals surface area contributed by atoms with Crippen LogP contribution in [0.5, 0.6) is 0 Å². The molecule has 0 radical (unpaired) electrons. The molecule has 0 heterocycles.